The van der Waals surface area contributed by atoms with Crippen LogP contribution in [0.1, 0.15) is 20.7 Å². The Hall–Kier alpha value is -3.92. The van der Waals surface area contributed by atoms with Gasteiger partial charge in [-0.05, 0) is 12.1 Å². The van der Waals surface area contributed by atoms with Gasteiger partial charge in [0, 0.05) is 35.7 Å². The Labute approximate surface area is 164 Å². The first kappa shape index (κ1) is 18.9. The van der Waals surface area contributed by atoms with Gasteiger partial charge in [-0.25, -0.2) is 0 Å². The summed E-state index contributed by atoms with van der Waals surface area (Å²) in [5, 5.41) is 6.20. The summed E-state index contributed by atoms with van der Waals surface area (Å²) in [5.41, 5.74) is 2.84. The van der Waals surface area contributed by atoms with Crippen LogP contribution in [0.5, 0.6) is 0 Å². The van der Waals surface area contributed by atoms with E-state index in [0.717, 1.165) is 11.4 Å². The van der Waals surface area contributed by atoms with Gasteiger partial charge in [-0.1, -0.05) is 72.8 Å². The molecule has 28 heavy (non-hydrogen) atoms. The summed E-state index contributed by atoms with van der Waals surface area (Å²) in [6.45, 7) is 0. The van der Waals surface area contributed by atoms with Crippen molar-refractivity contribution in [3.8, 4) is 0 Å². The summed E-state index contributed by atoms with van der Waals surface area (Å²) in [6, 6.07) is 25.7. The topological polar surface area (TPSA) is 58.2 Å². The normalized spacial score (nSPS) is 10.9. The number of anilines is 2. The maximum Gasteiger partial charge on any atom is 0.187 e. The summed E-state index contributed by atoms with van der Waals surface area (Å²) in [6.07, 6.45) is 6.19. The van der Waals surface area contributed by atoms with E-state index in [1.807, 2.05) is 60.7 Å². The first-order valence-corrected chi connectivity index (χ1v) is 8.88. The van der Waals surface area contributed by atoms with Crippen molar-refractivity contribution in [3.05, 3.63) is 121 Å². The molecule has 0 fully saturated rings. The van der Waals surface area contributed by atoms with Gasteiger partial charge in [-0.15, -0.1) is 0 Å². The number of hydrogen-bond acceptors (Lipinski definition) is 4. The molecule has 0 bridgehead atoms. The smallest absolute Gasteiger partial charge is 0.187 e. The summed E-state index contributed by atoms with van der Waals surface area (Å²) in [5.74, 6) is -0.154. The molecule has 4 nitrogen and oxygen atoms in total. The highest BCUT2D eigenvalue weighted by molar-refractivity contribution is 6.05. The van der Waals surface area contributed by atoms with Crippen LogP contribution in [0.25, 0.3) is 0 Å². The molecule has 0 unspecified atom stereocenters. The van der Waals surface area contributed by atoms with E-state index < -0.39 is 0 Å². The predicted octanol–water partition coefficient (Wildman–Crippen LogP) is 5.30. The van der Waals surface area contributed by atoms with Crippen LogP contribution in [0.15, 0.2) is 109 Å². The summed E-state index contributed by atoms with van der Waals surface area (Å²) >= 11 is 0. The van der Waals surface area contributed by atoms with E-state index in [4.69, 9.17) is 0 Å². The number of hydrogen-bond donors (Lipinski definition) is 2. The molecule has 0 saturated carbocycles. The fraction of sp³-hybridized carbons (Fsp3) is 0. The Bertz CT molecular complexity index is 911. The maximum atomic E-state index is 12.1. The van der Waals surface area contributed by atoms with Crippen molar-refractivity contribution in [1.82, 2.24) is 0 Å². The average molecular weight is 368 g/mol. The Kier molecular flexibility index (Phi) is 6.53. The molecular formula is C24H20N2O2. The SMILES string of the molecule is O=C(C=CNc1ccccc1NC=CC(=O)c1ccccc1)c1ccccc1. The first-order chi connectivity index (χ1) is 13.7. The third-order valence-corrected chi connectivity index (χ3v) is 3.99. The maximum absolute atomic E-state index is 12.1. The molecule has 0 aromatic heterocycles. The minimum absolute atomic E-state index is 0.0770. The highest BCUT2D eigenvalue weighted by Gasteiger charge is 2.02. The lowest BCUT2D eigenvalue weighted by Crippen LogP contribution is -1.99. The fourth-order valence-corrected chi connectivity index (χ4v) is 2.55. The van der Waals surface area contributed by atoms with Crippen molar-refractivity contribution >= 4 is 22.9 Å². The molecule has 0 amide bonds. The quantitative estimate of drug-likeness (QED) is 0.418. The van der Waals surface area contributed by atoms with Crippen LogP contribution in [-0.4, -0.2) is 11.6 Å². The molecule has 3 rings (SSSR count). The van der Waals surface area contributed by atoms with Crippen molar-refractivity contribution in [2.24, 2.45) is 0 Å². The van der Waals surface area contributed by atoms with E-state index in [-0.39, 0.29) is 11.6 Å². The minimum atomic E-state index is -0.0770. The zero-order chi connectivity index (χ0) is 19.6. The number of benzene rings is 3. The average Bonchev–Trinajstić information content (AvgIpc) is 2.76. The van der Waals surface area contributed by atoms with E-state index >= 15 is 0 Å². The molecule has 2 N–H and O–H groups in total. The monoisotopic (exact) mass is 368 g/mol. The van der Waals surface area contributed by atoms with Gasteiger partial charge >= 0.3 is 0 Å². The lowest BCUT2D eigenvalue weighted by atomic mass is 10.1. The molecule has 0 spiro atoms. The van der Waals surface area contributed by atoms with Crippen LogP contribution in [0.2, 0.25) is 0 Å². The molecule has 3 aromatic rings. The molecule has 0 radical (unpaired) electrons. The summed E-state index contributed by atoms with van der Waals surface area (Å²) in [7, 11) is 0. The van der Waals surface area contributed by atoms with Gasteiger partial charge in [0.2, 0.25) is 0 Å². The van der Waals surface area contributed by atoms with Crippen molar-refractivity contribution in [2.75, 3.05) is 10.6 Å². The Morgan fingerprint density at radius 3 is 1.29 bits per heavy atom. The van der Waals surface area contributed by atoms with Gasteiger partial charge in [0.25, 0.3) is 0 Å². The van der Waals surface area contributed by atoms with Gasteiger partial charge in [-0.3, -0.25) is 9.59 Å². The number of rotatable bonds is 8. The van der Waals surface area contributed by atoms with Crippen molar-refractivity contribution in [3.63, 3.8) is 0 Å². The van der Waals surface area contributed by atoms with Crippen LogP contribution in [0.4, 0.5) is 11.4 Å². The molecule has 0 aliphatic carbocycles. The molecule has 0 aliphatic heterocycles. The number of carbonyl (C=O) groups is 2. The van der Waals surface area contributed by atoms with Crippen LogP contribution in [-0.2, 0) is 0 Å². The number of carbonyl (C=O) groups excluding carboxylic acids is 2. The van der Waals surface area contributed by atoms with E-state index in [2.05, 4.69) is 10.6 Å². The number of allylic oxidation sites excluding steroid dienone is 2. The lowest BCUT2D eigenvalue weighted by Gasteiger charge is -2.08. The molecule has 3 aromatic carbocycles. The van der Waals surface area contributed by atoms with Crippen LogP contribution in [0, 0.1) is 0 Å². The standard InChI is InChI=1S/C24H20N2O2/c27-23(19-9-3-1-4-10-19)15-17-25-21-13-7-8-14-22(21)26-18-16-24(28)20-11-5-2-6-12-20/h1-18,25-26H. The third-order valence-electron chi connectivity index (χ3n) is 3.99. The van der Waals surface area contributed by atoms with Gasteiger partial charge in [-0.2, -0.15) is 0 Å². The van der Waals surface area contributed by atoms with Crippen molar-refractivity contribution in [2.45, 2.75) is 0 Å². The number of nitrogens with one attached hydrogen (secondary N) is 2. The lowest BCUT2D eigenvalue weighted by molar-refractivity contribution is 0.103. The van der Waals surface area contributed by atoms with E-state index in [0.29, 0.717) is 11.1 Å². The number of para-hydroxylation sites is 2. The fourth-order valence-electron chi connectivity index (χ4n) is 2.55. The summed E-state index contributed by atoms with van der Waals surface area (Å²) in [4.78, 5) is 24.2. The highest BCUT2D eigenvalue weighted by Crippen LogP contribution is 2.21. The van der Waals surface area contributed by atoms with Gasteiger partial charge in [0.05, 0.1) is 11.4 Å². The molecule has 0 aliphatic rings. The van der Waals surface area contributed by atoms with Crippen molar-refractivity contribution < 1.29 is 9.59 Å². The second-order valence-corrected chi connectivity index (χ2v) is 5.96. The zero-order valence-corrected chi connectivity index (χ0v) is 15.2. The van der Waals surface area contributed by atoms with Crippen LogP contribution in [0.3, 0.4) is 0 Å². The molecule has 138 valence electrons. The largest absolute Gasteiger partial charge is 0.360 e. The second-order valence-electron chi connectivity index (χ2n) is 5.96. The highest BCUT2D eigenvalue weighted by atomic mass is 16.1. The molecule has 0 heterocycles. The predicted molar refractivity (Wildman–Crippen MR) is 114 cm³/mol. The van der Waals surface area contributed by atoms with Crippen LogP contribution >= 0.6 is 0 Å². The van der Waals surface area contributed by atoms with Crippen LogP contribution < -0.4 is 10.6 Å². The molecule has 0 saturated heterocycles. The molecular weight excluding hydrogens is 348 g/mol. The van der Waals surface area contributed by atoms with Gasteiger partial charge in [0.15, 0.2) is 11.6 Å². The minimum Gasteiger partial charge on any atom is -0.360 e. The van der Waals surface area contributed by atoms with E-state index in [1.54, 1.807) is 36.7 Å². The van der Waals surface area contributed by atoms with E-state index in [9.17, 15) is 9.59 Å². The molecule has 0 atom stereocenters. The van der Waals surface area contributed by atoms with E-state index in [1.165, 1.54) is 12.2 Å². The van der Waals surface area contributed by atoms with Crippen molar-refractivity contribution in [1.29, 1.82) is 0 Å². The first-order valence-electron chi connectivity index (χ1n) is 8.88. The second kappa shape index (κ2) is 9.69. The Morgan fingerprint density at radius 1 is 0.536 bits per heavy atom. The zero-order valence-electron chi connectivity index (χ0n) is 15.2. The Balaban J connectivity index is 1.61. The third kappa shape index (κ3) is 5.29. The Morgan fingerprint density at radius 2 is 0.893 bits per heavy atom. The molecule has 4 heteroatoms. The number of ketones is 2. The van der Waals surface area contributed by atoms with Gasteiger partial charge in [0.1, 0.15) is 0 Å². The summed E-state index contributed by atoms with van der Waals surface area (Å²) < 4.78 is 0. The van der Waals surface area contributed by atoms with Gasteiger partial charge < -0.3 is 10.6 Å².